The number of ether oxygens (including phenoxy) is 1. The van der Waals surface area contributed by atoms with Crippen molar-refractivity contribution in [2.24, 2.45) is 0 Å². The summed E-state index contributed by atoms with van der Waals surface area (Å²) in [5.41, 5.74) is 4.22. The van der Waals surface area contributed by atoms with Gasteiger partial charge in [-0.05, 0) is 30.7 Å². The zero-order valence-corrected chi connectivity index (χ0v) is 18.6. The summed E-state index contributed by atoms with van der Waals surface area (Å²) >= 11 is 1.37. The minimum absolute atomic E-state index is 0.409. The molecule has 0 aliphatic carbocycles. The average Bonchev–Trinajstić information content (AvgIpc) is 3.25. The Morgan fingerprint density at radius 1 is 0.879 bits per heavy atom. The number of rotatable bonds is 5. The quantitative estimate of drug-likeness (QED) is 0.350. The van der Waals surface area contributed by atoms with Crippen LogP contribution in [0.25, 0.3) is 32.4 Å². The molecule has 0 saturated heterocycles. The Balaban J connectivity index is 1.39. The van der Waals surface area contributed by atoms with E-state index < -0.39 is 18.5 Å². The zero-order chi connectivity index (χ0) is 22.8. The number of fused-ring (bicyclic) bond motifs is 2. The molecule has 2 heterocycles. The van der Waals surface area contributed by atoms with Crippen molar-refractivity contribution in [3.8, 4) is 11.3 Å². The third-order valence-corrected chi connectivity index (χ3v) is 6.21. The van der Waals surface area contributed by atoms with Gasteiger partial charge in [-0.1, -0.05) is 72.0 Å². The lowest BCUT2D eigenvalue weighted by Gasteiger charge is -2.14. The highest BCUT2D eigenvalue weighted by molar-refractivity contribution is 7.22. The van der Waals surface area contributed by atoms with Gasteiger partial charge in [0.05, 0.1) is 27.0 Å². The Labute approximate surface area is 193 Å². The SMILES string of the molecule is Cc1c(-c2ccccc2)nc2ccccc2c1C(=O)OCC(=O)Nc1nc2ccccc2s1. The summed E-state index contributed by atoms with van der Waals surface area (Å²) in [7, 11) is 0. The first kappa shape index (κ1) is 20.8. The Hall–Kier alpha value is -4.10. The van der Waals surface area contributed by atoms with Crippen LogP contribution in [-0.4, -0.2) is 28.5 Å². The van der Waals surface area contributed by atoms with Gasteiger partial charge in [-0.2, -0.15) is 0 Å². The molecule has 0 aliphatic rings. The number of pyridine rings is 1. The molecule has 0 spiro atoms. The Morgan fingerprint density at radius 2 is 1.58 bits per heavy atom. The number of para-hydroxylation sites is 2. The molecule has 3 aromatic carbocycles. The lowest BCUT2D eigenvalue weighted by Crippen LogP contribution is -2.21. The topological polar surface area (TPSA) is 81.2 Å². The van der Waals surface area contributed by atoms with Crippen molar-refractivity contribution < 1.29 is 14.3 Å². The second kappa shape index (κ2) is 8.80. The maximum absolute atomic E-state index is 13.1. The van der Waals surface area contributed by atoms with Gasteiger partial charge < -0.3 is 4.74 Å². The smallest absolute Gasteiger partial charge is 0.339 e. The maximum atomic E-state index is 13.1. The summed E-state index contributed by atoms with van der Waals surface area (Å²) in [4.78, 5) is 34.7. The van der Waals surface area contributed by atoms with Crippen molar-refractivity contribution in [1.82, 2.24) is 9.97 Å². The number of thiazole rings is 1. The fraction of sp³-hybridized carbons (Fsp3) is 0.0769. The molecular formula is C26H19N3O3S. The van der Waals surface area contributed by atoms with E-state index in [1.165, 1.54) is 11.3 Å². The molecule has 5 rings (SSSR count). The van der Waals surface area contributed by atoms with Crippen molar-refractivity contribution in [2.45, 2.75) is 6.92 Å². The van der Waals surface area contributed by atoms with Crippen molar-refractivity contribution in [1.29, 1.82) is 0 Å². The van der Waals surface area contributed by atoms with E-state index >= 15 is 0 Å². The Morgan fingerprint density at radius 3 is 2.36 bits per heavy atom. The molecule has 5 aromatic rings. The van der Waals surface area contributed by atoms with E-state index in [-0.39, 0.29) is 0 Å². The Kier molecular flexibility index (Phi) is 5.54. The second-order valence-corrected chi connectivity index (χ2v) is 8.49. The third kappa shape index (κ3) is 4.18. The molecule has 0 fully saturated rings. The van der Waals surface area contributed by atoms with Gasteiger partial charge in [0, 0.05) is 10.9 Å². The lowest BCUT2D eigenvalue weighted by atomic mass is 9.98. The predicted octanol–water partition coefficient (Wildman–Crippen LogP) is 5.62. The first-order valence-electron chi connectivity index (χ1n) is 10.4. The van der Waals surface area contributed by atoms with Gasteiger partial charge in [0.15, 0.2) is 11.7 Å². The van der Waals surface area contributed by atoms with Gasteiger partial charge in [-0.3, -0.25) is 10.1 Å². The summed E-state index contributed by atoms with van der Waals surface area (Å²) in [6.07, 6.45) is 0. The summed E-state index contributed by atoms with van der Waals surface area (Å²) in [5, 5.41) is 3.86. The molecule has 0 atom stereocenters. The molecule has 0 unspecified atom stereocenters. The van der Waals surface area contributed by atoms with E-state index in [1.807, 2.05) is 85.8 Å². The normalized spacial score (nSPS) is 10.9. The minimum atomic E-state index is -0.567. The van der Waals surface area contributed by atoms with E-state index in [0.29, 0.717) is 32.9 Å². The number of carbonyl (C=O) groups excluding carboxylic acids is 2. The van der Waals surface area contributed by atoms with Crippen molar-refractivity contribution in [2.75, 3.05) is 11.9 Å². The third-order valence-electron chi connectivity index (χ3n) is 5.26. The summed E-state index contributed by atoms with van der Waals surface area (Å²) in [5.74, 6) is -1.01. The van der Waals surface area contributed by atoms with Gasteiger partial charge in [0.25, 0.3) is 5.91 Å². The molecule has 0 saturated carbocycles. The molecule has 0 aliphatic heterocycles. The zero-order valence-electron chi connectivity index (χ0n) is 17.7. The molecule has 6 nitrogen and oxygen atoms in total. The largest absolute Gasteiger partial charge is 0.452 e. The van der Waals surface area contributed by atoms with Crippen LogP contribution in [-0.2, 0) is 9.53 Å². The van der Waals surface area contributed by atoms with Crippen LogP contribution in [0.15, 0.2) is 78.9 Å². The molecule has 0 bridgehead atoms. The van der Waals surface area contributed by atoms with Crippen LogP contribution in [0.2, 0.25) is 0 Å². The summed E-state index contributed by atoms with van der Waals surface area (Å²) < 4.78 is 6.38. The van der Waals surface area contributed by atoms with E-state index in [0.717, 1.165) is 15.8 Å². The number of aromatic nitrogens is 2. The maximum Gasteiger partial charge on any atom is 0.339 e. The van der Waals surface area contributed by atoms with Gasteiger partial charge in [-0.25, -0.2) is 14.8 Å². The number of nitrogens with one attached hydrogen (secondary N) is 1. The highest BCUT2D eigenvalue weighted by Gasteiger charge is 2.21. The van der Waals surface area contributed by atoms with E-state index in [2.05, 4.69) is 10.3 Å². The number of anilines is 1. The first-order chi connectivity index (χ1) is 16.1. The molecule has 2 aromatic heterocycles. The second-order valence-electron chi connectivity index (χ2n) is 7.45. The molecule has 162 valence electrons. The molecule has 7 heteroatoms. The van der Waals surface area contributed by atoms with Gasteiger partial charge in [0.1, 0.15) is 0 Å². The van der Waals surface area contributed by atoms with E-state index in [4.69, 9.17) is 9.72 Å². The Bertz CT molecular complexity index is 1460. The number of benzene rings is 3. The minimum Gasteiger partial charge on any atom is -0.452 e. The van der Waals surface area contributed by atoms with Crippen molar-refractivity contribution >= 4 is 49.5 Å². The van der Waals surface area contributed by atoms with Crippen LogP contribution in [0.3, 0.4) is 0 Å². The van der Waals surface area contributed by atoms with Crippen molar-refractivity contribution in [3.63, 3.8) is 0 Å². The summed E-state index contributed by atoms with van der Waals surface area (Å²) in [6.45, 7) is 1.44. The van der Waals surface area contributed by atoms with Crippen LogP contribution >= 0.6 is 11.3 Å². The van der Waals surface area contributed by atoms with Crippen LogP contribution in [0.5, 0.6) is 0 Å². The fourth-order valence-corrected chi connectivity index (χ4v) is 4.61. The van der Waals surface area contributed by atoms with Crippen molar-refractivity contribution in [3.05, 3.63) is 90.0 Å². The fourth-order valence-electron chi connectivity index (χ4n) is 3.73. The standard InChI is InChI=1S/C26H19N3O3S/c1-16-23(18-11-5-6-12-19(18)27-24(16)17-9-3-2-4-10-17)25(31)32-15-22(30)29-26-28-20-13-7-8-14-21(20)33-26/h2-14H,15H2,1H3,(H,28,29,30). The summed E-state index contributed by atoms with van der Waals surface area (Å²) in [6, 6.07) is 24.7. The molecule has 0 radical (unpaired) electrons. The number of hydrogen-bond donors (Lipinski definition) is 1. The monoisotopic (exact) mass is 453 g/mol. The van der Waals surface area contributed by atoms with Crippen LogP contribution in [0.4, 0.5) is 5.13 Å². The molecule has 1 N–H and O–H groups in total. The molecular weight excluding hydrogens is 434 g/mol. The number of hydrogen-bond acceptors (Lipinski definition) is 6. The van der Waals surface area contributed by atoms with Gasteiger partial charge in [0.2, 0.25) is 0 Å². The number of esters is 1. The molecule has 1 amide bonds. The van der Waals surface area contributed by atoms with Crippen LogP contribution in [0, 0.1) is 6.92 Å². The number of amides is 1. The van der Waals surface area contributed by atoms with Gasteiger partial charge in [-0.15, -0.1) is 0 Å². The first-order valence-corrected chi connectivity index (χ1v) is 11.2. The van der Waals surface area contributed by atoms with Crippen LogP contribution < -0.4 is 5.32 Å². The van der Waals surface area contributed by atoms with E-state index in [9.17, 15) is 9.59 Å². The predicted molar refractivity (Wildman–Crippen MR) is 130 cm³/mol. The lowest BCUT2D eigenvalue weighted by molar-refractivity contribution is -0.119. The van der Waals surface area contributed by atoms with Gasteiger partial charge >= 0.3 is 5.97 Å². The van der Waals surface area contributed by atoms with E-state index in [1.54, 1.807) is 0 Å². The molecule has 33 heavy (non-hydrogen) atoms. The highest BCUT2D eigenvalue weighted by Crippen LogP contribution is 2.30. The average molecular weight is 454 g/mol. The number of carbonyl (C=O) groups is 2. The number of nitrogens with zero attached hydrogens (tertiary/aromatic N) is 2. The van der Waals surface area contributed by atoms with Crippen LogP contribution in [0.1, 0.15) is 15.9 Å². The highest BCUT2D eigenvalue weighted by atomic mass is 32.1.